The number of benzene rings is 1. The van der Waals surface area contributed by atoms with Crippen molar-refractivity contribution in [1.29, 1.82) is 0 Å². The van der Waals surface area contributed by atoms with Gasteiger partial charge in [-0.2, -0.15) is 0 Å². The van der Waals surface area contributed by atoms with Gasteiger partial charge in [-0.15, -0.1) is 0 Å². The Hall–Kier alpha value is -0.250. The normalized spacial score (nSPS) is 22.8. The van der Waals surface area contributed by atoms with E-state index in [1.54, 1.807) is 0 Å². The predicted octanol–water partition coefficient (Wildman–Crippen LogP) is 4.61. The number of nitrogens with zero attached hydrogens (tertiary/aromatic N) is 1. The Morgan fingerprint density at radius 1 is 1.15 bits per heavy atom. The van der Waals surface area contributed by atoms with Crippen molar-refractivity contribution in [3.05, 3.63) is 27.7 Å². The highest BCUT2D eigenvalue weighted by atomic mass is 79.9. The zero-order valence-electron chi connectivity index (χ0n) is 11.8. The Kier molecular flexibility index (Phi) is 4.58. The van der Waals surface area contributed by atoms with E-state index in [4.69, 9.17) is 11.6 Å². The van der Waals surface area contributed by atoms with E-state index < -0.39 is 0 Å². The first-order valence-corrected chi connectivity index (χ1v) is 8.81. The molecule has 1 aromatic rings. The van der Waals surface area contributed by atoms with Crippen LogP contribution < -0.4 is 10.2 Å². The molecule has 1 N–H and O–H groups in total. The number of anilines is 1. The van der Waals surface area contributed by atoms with E-state index in [-0.39, 0.29) is 0 Å². The van der Waals surface area contributed by atoms with Crippen LogP contribution in [0.1, 0.15) is 38.5 Å². The maximum Gasteiger partial charge on any atom is 0.0512 e. The van der Waals surface area contributed by atoms with E-state index in [0.717, 1.165) is 29.1 Å². The van der Waals surface area contributed by atoms with Crippen molar-refractivity contribution in [2.75, 3.05) is 24.5 Å². The highest BCUT2D eigenvalue weighted by Gasteiger charge is 2.35. The van der Waals surface area contributed by atoms with Gasteiger partial charge in [-0.25, -0.2) is 0 Å². The van der Waals surface area contributed by atoms with Crippen LogP contribution >= 0.6 is 27.5 Å². The molecule has 20 heavy (non-hydrogen) atoms. The fourth-order valence-corrected chi connectivity index (χ4v) is 4.56. The second-order valence-electron chi connectivity index (χ2n) is 6.14. The van der Waals surface area contributed by atoms with Crippen molar-refractivity contribution in [1.82, 2.24) is 5.32 Å². The van der Waals surface area contributed by atoms with Gasteiger partial charge >= 0.3 is 0 Å². The second kappa shape index (κ2) is 6.25. The highest BCUT2D eigenvalue weighted by Crippen LogP contribution is 2.35. The number of hydrogen-bond acceptors (Lipinski definition) is 2. The molecule has 2 fully saturated rings. The fraction of sp³-hybridized carbons (Fsp3) is 0.625. The molecule has 110 valence electrons. The largest absolute Gasteiger partial charge is 0.369 e. The lowest BCUT2D eigenvalue weighted by Gasteiger charge is -2.40. The van der Waals surface area contributed by atoms with Crippen molar-refractivity contribution < 1.29 is 0 Å². The lowest BCUT2D eigenvalue weighted by atomic mass is 9.81. The molecule has 4 heteroatoms. The van der Waals surface area contributed by atoms with Crippen LogP contribution in [0.2, 0.25) is 5.02 Å². The van der Waals surface area contributed by atoms with Crippen LogP contribution in [0.5, 0.6) is 0 Å². The van der Waals surface area contributed by atoms with Crippen LogP contribution in [0.15, 0.2) is 22.7 Å². The van der Waals surface area contributed by atoms with Gasteiger partial charge in [-0.05, 0) is 59.9 Å². The van der Waals surface area contributed by atoms with Crippen molar-refractivity contribution in [3.8, 4) is 0 Å². The third-order valence-corrected chi connectivity index (χ3v) is 5.53. The molecule has 2 nitrogen and oxygen atoms in total. The summed E-state index contributed by atoms with van der Waals surface area (Å²) in [6.07, 6.45) is 7.96. The smallest absolute Gasteiger partial charge is 0.0512 e. The summed E-state index contributed by atoms with van der Waals surface area (Å²) >= 11 is 9.74. The van der Waals surface area contributed by atoms with Gasteiger partial charge in [-0.3, -0.25) is 0 Å². The van der Waals surface area contributed by atoms with E-state index in [1.807, 2.05) is 12.1 Å². The molecular formula is C16H22BrClN2. The second-order valence-corrected chi connectivity index (χ2v) is 7.43. The van der Waals surface area contributed by atoms with Gasteiger partial charge < -0.3 is 10.2 Å². The minimum absolute atomic E-state index is 0.327. The summed E-state index contributed by atoms with van der Waals surface area (Å²) in [5.41, 5.74) is 1.61. The van der Waals surface area contributed by atoms with E-state index >= 15 is 0 Å². The van der Waals surface area contributed by atoms with Gasteiger partial charge in [0.2, 0.25) is 0 Å². The van der Waals surface area contributed by atoms with Gasteiger partial charge in [0.15, 0.2) is 0 Å². The maximum atomic E-state index is 6.07. The quantitative estimate of drug-likeness (QED) is 0.790. The Balaban J connectivity index is 1.84. The van der Waals surface area contributed by atoms with Crippen LogP contribution in [-0.4, -0.2) is 25.2 Å². The van der Waals surface area contributed by atoms with Crippen molar-refractivity contribution in [2.24, 2.45) is 0 Å². The molecule has 0 aromatic heterocycles. The summed E-state index contributed by atoms with van der Waals surface area (Å²) in [4.78, 5) is 2.53. The Morgan fingerprint density at radius 3 is 2.70 bits per heavy atom. The predicted molar refractivity (Wildman–Crippen MR) is 89.8 cm³/mol. The molecule has 1 saturated carbocycles. The SMILES string of the molecule is Clc1ccc(N2CCCNC3(CCCCC3)C2)c(Br)c1. The van der Waals surface area contributed by atoms with Crippen molar-refractivity contribution in [3.63, 3.8) is 0 Å². The average molecular weight is 358 g/mol. The number of halogens is 2. The van der Waals surface area contributed by atoms with Gasteiger partial charge in [-0.1, -0.05) is 30.9 Å². The third-order valence-electron chi connectivity index (χ3n) is 4.66. The van der Waals surface area contributed by atoms with Crippen molar-refractivity contribution >= 4 is 33.2 Å². The van der Waals surface area contributed by atoms with Gasteiger partial charge in [0.05, 0.1) is 5.69 Å². The lowest BCUT2D eigenvalue weighted by Crippen LogP contribution is -2.52. The molecule has 1 aromatic carbocycles. The molecule has 0 amide bonds. The lowest BCUT2D eigenvalue weighted by molar-refractivity contribution is 0.246. The monoisotopic (exact) mass is 356 g/mol. The molecule has 1 heterocycles. The average Bonchev–Trinajstić information content (AvgIpc) is 2.63. The third kappa shape index (κ3) is 3.15. The summed E-state index contributed by atoms with van der Waals surface area (Å²) in [7, 11) is 0. The Labute approximate surface area is 135 Å². The summed E-state index contributed by atoms with van der Waals surface area (Å²) in [6, 6.07) is 6.14. The van der Waals surface area contributed by atoms with Crippen molar-refractivity contribution in [2.45, 2.75) is 44.1 Å². The fourth-order valence-electron chi connectivity index (χ4n) is 3.63. The van der Waals surface area contributed by atoms with Crippen LogP contribution in [0.4, 0.5) is 5.69 Å². The van der Waals surface area contributed by atoms with Crippen LogP contribution in [0.3, 0.4) is 0 Å². The number of nitrogens with one attached hydrogen (secondary N) is 1. The molecule has 3 rings (SSSR count). The van der Waals surface area contributed by atoms with Gasteiger partial charge in [0.1, 0.15) is 0 Å². The molecule has 0 bridgehead atoms. The molecule has 1 saturated heterocycles. The van der Waals surface area contributed by atoms with Crippen LogP contribution in [0.25, 0.3) is 0 Å². The molecule has 0 unspecified atom stereocenters. The molecule has 0 atom stereocenters. The Morgan fingerprint density at radius 2 is 1.95 bits per heavy atom. The van der Waals surface area contributed by atoms with E-state index in [0.29, 0.717) is 5.54 Å². The first kappa shape index (κ1) is 14.7. The molecule has 1 aliphatic heterocycles. The minimum atomic E-state index is 0.327. The summed E-state index contributed by atoms with van der Waals surface area (Å²) < 4.78 is 1.11. The summed E-state index contributed by atoms with van der Waals surface area (Å²) in [5, 5.41) is 4.64. The summed E-state index contributed by atoms with van der Waals surface area (Å²) in [6.45, 7) is 3.38. The van der Waals surface area contributed by atoms with Crippen LogP contribution in [-0.2, 0) is 0 Å². The maximum absolute atomic E-state index is 6.07. The van der Waals surface area contributed by atoms with Crippen LogP contribution in [0, 0.1) is 0 Å². The summed E-state index contributed by atoms with van der Waals surface area (Å²) in [5.74, 6) is 0. The topological polar surface area (TPSA) is 15.3 Å². The molecule has 1 aliphatic carbocycles. The first-order chi connectivity index (χ1) is 9.69. The first-order valence-electron chi connectivity index (χ1n) is 7.64. The van der Waals surface area contributed by atoms with E-state index in [2.05, 4.69) is 32.2 Å². The minimum Gasteiger partial charge on any atom is -0.369 e. The van der Waals surface area contributed by atoms with E-state index in [1.165, 1.54) is 44.2 Å². The number of rotatable bonds is 1. The molecule has 1 spiro atoms. The number of hydrogen-bond donors (Lipinski definition) is 1. The molecular weight excluding hydrogens is 336 g/mol. The molecule has 0 radical (unpaired) electrons. The standard InChI is InChI=1S/C16H22BrClN2/c17-14-11-13(18)5-6-15(14)20-10-4-9-19-16(12-20)7-2-1-3-8-16/h5-6,11,19H,1-4,7-10,12H2. The zero-order valence-corrected chi connectivity index (χ0v) is 14.1. The Bertz CT molecular complexity index is 472. The van der Waals surface area contributed by atoms with Gasteiger partial charge in [0.25, 0.3) is 0 Å². The molecule has 2 aliphatic rings. The van der Waals surface area contributed by atoms with Gasteiger partial charge in [0, 0.05) is 28.1 Å². The van der Waals surface area contributed by atoms with E-state index in [9.17, 15) is 0 Å². The zero-order chi connectivity index (χ0) is 14.0. The highest BCUT2D eigenvalue weighted by molar-refractivity contribution is 9.10.